The Morgan fingerprint density at radius 2 is 1.72 bits per heavy atom. The van der Waals surface area contributed by atoms with Gasteiger partial charge in [0.25, 0.3) is 0 Å². The van der Waals surface area contributed by atoms with Crippen molar-refractivity contribution in [2.24, 2.45) is 0 Å². The normalized spacial score (nSPS) is 13.4. The van der Waals surface area contributed by atoms with Crippen LogP contribution in [0.3, 0.4) is 0 Å². The van der Waals surface area contributed by atoms with Crippen LogP contribution in [0.4, 0.5) is 5.69 Å². The highest BCUT2D eigenvalue weighted by molar-refractivity contribution is 7.92. The van der Waals surface area contributed by atoms with Crippen LogP contribution in [0, 0.1) is 13.8 Å². The van der Waals surface area contributed by atoms with E-state index in [0.717, 1.165) is 28.7 Å². The Morgan fingerprint density at radius 1 is 1.10 bits per heavy atom. The first kappa shape index (κ1) is 22.7. The first-order valence-corrected chi connectivity index (χ1v) is 11.5. The number of anilines is 1. The van der Waals surface area contributed by atoms with Gasteiger partial charge in [-0.25, -0.2) is 8.42 Å². The number of nitrogens with one attached hydrogen (secondary N) is 1. The zero-order chi connectivity index (χ0) is 21.8. The highest BCUT2D eigenvalue weighted by Crippen LogP contribution is 2.27. The van der Waals surface area contributed by atoms with E-state index in [1.165, 1.54) is 4.31 Å². The van der Waals surface area contributed by atoms with Crippen molar-refractivity contribution in [3.8, 4) is 5.75 Å². The second-order valence-electron chi connectivity index (χ2n) is 7.26. The van der Waals surface area contributed by atoms with Crippen molar-refractivity contribution in [2.45, 2.75) is 46.7 Å². The fourth-order valence-electron chi connectivity index (χ4n) is 3.17. The van der Waals surface area contributed by atoms with Gasteiger partial charge < -0.3 is 10.1 Å². The molecule has 0 aromatic heterocycles. The van der Waals surface area contributed by atoms with Crippen molar-refractivity contribution in [3.05, 3.63) is 59.2 Å². The van der Waals surface area contributed by atoms with Crippen molar-refractivity contribution >= 4 is 21.6 Å². The van der Waals surface area contributed by atoms with Crippen molar-refractivity contribution in [2.75, 3.05) is 17.2 Å². The minimum Gasteiger partial charge on any atom is -0.494 e. The molecule has 0 fully saturated rings. The highest BCUT2D eigenvalue weighted by Gasteiger charge is 2.30. The molecule has 1 amide bonds. The van der Waals surface area contributed by atoms with Crippen molar-refractivity contribution < 1.29 is 17.9 Å². The van der Waals surface area contributed by atoms with Crippen LogP contribution < -0.4 is 14.4 Å². The van der Waals surface area contributed by atoms with Gasteiger partial charge in [-0.05, 0) is 69.5 Å². The Kier molecular flexibility index (Phi) is 7.30. The van der Waals surface area contributed by atoms with E-state index in [4.69, 9.17) is 4.74 Å². The van der Waals surface area contributed by atoms with Gasteiger partial charge in [-0.15, -0.1) is 0 Å². The lowest BCUT2D eigenvalue weighted by Crippen LogP contribution is -2.48. The summed E-state index contributed by atoms with van der Waals surface area (Å²) in [5.41, 5.74) is 3.14. The smallest absolute Gasteiger partial charge is 0.244 e. The molecule has 0 aliphatic carbocycles. The molecule has 1 N–H and O–H groups in total. The van der Waals surface area contributed by atoms with Gasteiger partial charge in [0.15, 0.2) is 0 Å². The molecule has 0 aliphatic rings. The quantitative estimate of drug-likeness (QED) is 0.709. The zero-order valence-electron chi connectivity index (χ0n) is 17.9. The van der Waals surface area contributed by atoms with Crippen molar-refractivity contribution in [3.63, 3.8) is 0 Å². The minimum absolute atomic E-state index is 0.277. The van der Waals surface area contributed by atoms with E-state index in [1.807, 2.05) is 64.1 Å². The lowest BCUT2D eigenvalue weighted by molar-refractivity contribution is -0.122. The maximum absolute atomic E-state index is 12.9. The number of hydrogen-bond acceptors (Lipinski definition) is 4. The van der Waals surface area contributed by atoms with Crippen LogP contribution in [0.1, 0.15) is 43.5 Å². The predicted molar refractivity (Wildman–Crippen MR) is 117 cm³/mol. The third-order valence-corrected chi connectivity index (χ3v) is 5.97. The standard InChI is InChI=1S/C22H30N2O4S/c1-7-28-20-12-10-19(11-13-20)17(4)23-22(25)18(5)24(29(6,26)27)21-14-15(2)8-9-16(21)3/h8-14,17-18H,7H2,1-6H3,(H,23,25)/t17-,18-/m0/s1. The number of ether oxygens (including phenoxy) is 1. The number of rotatable bonds is 8. The molecule has 2 aromatic rings. The number of aryl methyl sites for hydroxylation is 2. The van der Waals surface area contributed by atoms with Crippen LogP contribution in [0.2, 0.25) is 0 Å². The average molecular weight is 419 g/mol. The number of amides is 1. The first-order chi connectivity index (χ1) is 13.5. The summed E-state index contributed by atoms with van der Waals surface area (Å²) in [5.74, 6) is 0.402. The predicted octanol–water partition coefficient (Wildman–Crippen LogP) is 3.73. The van der Waals surface area contributed by atoms with Gasteiger partial charge in [0.2, 0.25) is 15.9 Å². The third kappa shape index (κ3) is 5.73. The van der Waals surface area contributed by atoms with Crippen molar-refractivity contribution in [1.29, 1.82) is 0 Å². The molecule has 0 aliphatic heterocycles. The average Bonchev–Trinajstić information content (AvgIpc) is 2.64. The fraction of sp³-hybridized carbons (Fsp3) is 0.409. The van der Waals surface area contributed by atoms with Gasteiger partial charge in [0, 0.05) is 0 Å². The highest BCUT2D eigenvalue weighted by atomic mass is 32.2. The molecule has 0 heterocycles. The maximum Gasteiger partial charge on any atom is 0.244 e. The molecule has 2 atom stereocenters. The van der Waals surface area contributed by atoms with E-state index in [-0.39, 0.29) is 11.9 Å². The summed E-state index contributed by atoms with van der Waals surface area (Å²) in [5, 5.41) is 2.92. The van der Waals surface area contributed by atoms with E-state index in [1.54, 1.807) is 13.0 Å². The molecule has 0 saturated heterocycles. The molecule has 0 bridgehead atoms. The molecule has 7 heteroatoms. The number of carbonyl (C=O) groups is 1. The first-order valence-electron chi connectivity index (χ1n) is 9.64. The number of hydrogen-bond donors (Lipinski definition) is 1. The van der Waals surface area contributed by atoms with Crippen LogP contribution in [0.5, 0.6) is 5.75 Å². The second-order valence-corrected chi connectivity index (χ2v) is 9.12. The number of benzene rings is 2. The van der Waals surface area contributed by atoms with Crippen LogP contribution in [-0.4, -0.2) is 33.2 Å². The molecule has 6 nitrogen and oxygen atoms in total. The minimum atomic E-state index is -3.66. The Bertz CT molecular complexity index is 955. The monoisotopic (exact) mass is 418 g/mol. The van der Waals surface area contributed by atoms with Crippen LogP contribution >= 0.6 is 0 Å². The summed E-state index contributed by atoms with van der Waals surface area (Å²) in [6.45, 7) is 9.69. The van der Waals surface area contributed by atoms with Gasteiger partial charge in [-0.3, -0.25) is 9.10 Å². The van der Waals surface area contributed by atoms with E-state index < -0.39 is 16.1 Å². The lowest BCUT2D eigenvalue weighted by atomic mass is 10.1. The molecule has 0 unspecified atom stereocenters. The van der Waals surface area contributed by atoms with Gasteiger partial charge in [-0.2, -0.15) is 0 Å². The third-order valence-electron chi connectivity index (χ3n) is 4.74. The van der Waals surface area contributed by atoms with Gasteiger partial charge >= 0.3 is 0 Å². The largest absolute Gasteiger partial charge is 0.494 e. The van der Waals surface area contributed by atoms with E-state index >= 15 is 0 Å². The van der Waals surface area contributed by atoms with Gasteiger partial charge in [-0.1, -0.05) is 24.3 Å². The molecule has 2 aromatic carbocycles. The van der Waals surface area contributed by atoms with E-state index in [9.17, 15) is 13.2 Å². The molecule has 0 radical (unpaired) electrons. The number of sulfonamides is 1. The Balaban J connectivity index is 2.24. The van der Waals surface area contributed by atoms with Crippen LogP contribution in [-0.2, 0) is 14.8 Å². The number of nitrogens with zero attached hydrogens (tertiary/aromatic N) is 1. The number of carbonyl (C=O) groups excluding carboxylic acids is 1. The Morgan fingerprint density at radius 3 is 2.28 bits per heavy atom. The molecule has 0 spiro atoms. The summed E-state index contributed by atoms with van der Waals surface area (Å²) in [6, 6.07) is 11.9. The van der Waals surface area contributed by atoms with E-state index in [0.29, 0.717) is 12.3 Å². The molecule has 29 heavy (non-hydrogen) atoms. The summed E-state index contributed by atoms with van der Waals surface area (Å²) >= 11 is 0. The molecule has 0 saturated carbocycles. The summed E-state index contributed by atoms with van der Waals surface area (Å²) in [6.07, 6.45) is 1.12. The Labute approximate surface area is 173 Å². The fourth-order valence-corrected chi connectivity index (χ4v) is 4.40. The van der Waals surface area contributed by atoms with Gasteiger partial charge in [0.1, 0.15) is 11.8 Å². The summed E-state index contributed by atoms with van der Waals surface area (Å²) in [7, 11) is -3.66. The Hall–Kier alpha value is -2.54. The summed E-state index contributed by atoms with van der Waals surface area (Å²) in [4.78, 5) is 12.9. The zero-order valence-corrected chi connectivity index (χ0v) is 18.7. The summed E-state index contributed by atoms with van der Waals surface area (Å²) < 4.78 is 31.7. The van der Waals surface area contributed by atoms with Crippen molar-refractivity contribution in [1.82, 2.24) is 5.32 Å². The van der Waals surface area contributed by atoms with E-state index in [2.05, 4.69) is 5.32 Å². The maximum atomic E-state index is 12.9. The molecular formula is C22H30N2O4S. The van der Waals surface area contributed by atoms with Crippen LogP contribution in [0.25, 0.3) is 0 Å². The molecule has 158 valence electrons. The van der Waals surface area contributed by atoms with Crippen LogP contribution in [0.15, 0.2) is 42.5 Å². The van der Waals surface area contributed by atoms with Gasteiger partial charge in [0.05, 0.1) is 24.6 Å². The topological polar surface area (TPSA) is 75.7 Å². The second kappa shape index (κ2) is 9.31. The molecular weight excluding hydrogens is 388 g/mol. The lowest BCUT2D eigenvalue weighted by Gasteiger charge is -2.30. The molecule has 2 rings (SSSR count). The SMILES string of the molecule is CCOc1ccc([C@H](C)NC(=O)[C@H](C)N(c2cc(C)ccc2C)S(C)(=O)=O)cc1.